The Kier molecular flexibility index (Phi) is 7.36. The molecule has 1 fully saturated rings. The van der Waals surface area contributed by atoms with Gasteiger partial charge in [0.05, 0.1) is 23.8 Å². The fourth-order valence-corrected chi connectivity index (χ4v) is 6.10. The van der Waals surface area contributed by atoms with Crippen LogP contribution in [0.2, 0.25) is 10.0 Å². The van der Waals surface area contributed by atoms with Crippen LogP contribution in [0.15, 0.2) is 47.1 Å². The number of hydrogen-bond donors (Lipinski definition) is 1. The van der Waals surface area contributed by atoms with Crippen molar-refractivity contribution in [1.29, 1.82) is 0 Å². The predicted molar refractivity (Wildman–Crippen MR) is 157 cm³/mol. The van der Waals surface area contributed by atoms with Crippen LogP contribution in [0.25, 0.3) is 22.2 Å². The number of amides is 1. The molecule has 10 heteroatoms. The highest BCUT2D eigenvalue weighted by Gasteiger charge is 2.36. The second kappa shape index (κ2) is 10.8. The van der Waals surface area contributed by atoms with Crippen LogP contribution in [0.4, 0.5) is 4.39 Å². The second-order valence-corrected chi connectivity index (χ2v) is 12.1. The Hall–Kier alpha value is -2.94. The summed E-state index contributed by atoms with van der Waals surface area (Å²) in [4.78, 5) is 22.8. The molecule has 1 aliphatic heterocycles. The van der Waals surface area contributed by atoms with Gasteiger partial charge in [-0.1, -0.05) is 30.1 Å². The number of carbonyl (C=O) groups excluding carboxylic acids is 1. The Bertz CT molecular complexity index is 1640. The third-order valence-electron chi connectivity index (χ3n) is 7.54. The highest BCUT2D eigenvalue weighted by atomic mass is 79.9. The number of methoxy groups -OCH3 is 1. The normalized spacial score (nSPS) is 16.9. The quantitative estimate of drug-likeness (QED) is 0.207. The summed E-state index contributed by atoms with van der Waals surface area (Å²) < 4.78 is 26.5. The predicted octanol–water partition coefficient (Wildman–Crippen LogP) is 7.93. The molecular weight excluding hydrogens is 620 g/mol. The standard InChI is InChI=1S/C30H25BrCl2FN3O3/c1-14-13-40-29-20(14)10-24(37-28(29)17-7-22(32)26(34)23(33)8-17)21(15-3-4-15)12-36-30(38)18-5-16-6-19(31)11-35-27(16)25(9-18)39-2/h5-11,14-15,21H,3-4,12-13H2,1-2H3,(H,36,38). The number of nitrogens with zero attached hydrogens (tertiary/aromatic N) is 2. The zero-order valence-electron chi connectivity index (χ0n) is 21.7. The highest BCUT2D eigenvalue weighted by molar-refractivity contribution is 9.10. The van der Waals surface area contributed by atoms with Gasteiger partial charge < -0.3 is 14.8 Å². The van der Waals surface area contributed by atoms with Crippen LogP contribution in [0.5, 0.6) is 11.5 Å². The Labute approximate surface area is 249 Å². The zero-order valence-corrected chi connectivity index (χ0v) is 24.8. The highest BCUT2D eigenvalue weighted by Crippen LogP contribution is 2.47. The number of halogens is 4. The molecule has 2 unspecified atom stereocenters. The van der Waals surface area contributed by atoms with Gasteiger partial charge in [0.25, 0.3) is 5.91 Å². The summed E-state index contributed by atoms with van der Waals surface area (Å²) in [5.41, 5.74) is 4.23. The number of aromatic nitrogens is 2. The molecule has 1 amide bonds. The van der Waals surface area contributed by atoms with Crippen molar-refractivity contribution in [2.24, 2.45) is 5.92 Å². The second-order valence-electron chi connectivity index (χ2n) is 10.3. The van der Waals surface area contributed by atoms with E-state index >= 15 is 0 Å². The number of fused-ring (bicyclic) bond motifs is 2. The Morgan fingerprint density at radius 2 is 1.95 bits per heavy atom. The lowest BCUT2D eigenvalue weighted by Crippen LogP contribution is -2.29. The van der Waals surface area contributed by atoms with Crippen molar-refractivity contribution in [3.8, 4) is 22.8 Å². The van der Waals surface area contributed by atoms with Crippen molar-refractivity contribution < 1.29 is 18.7 Å². The summed E-state index contributed by atoms with van der Waals surface area (Å²) in [6.07, 6.45) is 3.80. The van der Waals surface area contributed by atoms with E-state index in [4.69, 9.17) is 37.7 Å². The number of hydrogen-bond acceptors (Lipinski definition) is 5. The number of rotatable bonds is 7. The molecule has 0 spiro atoms. The molecule has 1 aliphatic carbocycles. The Morgan fingerprint density at radius 1 is 1.20 bits per heavy atom. The van der Waals surface area contributed by atoms with Crippen molar-refractivity contribution in [3.63, 3.8) is 0 Å². The topological polar surface area (TPSA) is 73.3 Å². The van der Waals surface area contributed by atoms with Gasteiger partial charge in [0.1, 0.15) is 22.7 Å². The zero-order chi connectivity index (χ0) is 28.1. The van der Waals surface area contributed by atoms with Crippen LogP contribution in [-0.4, -0.2) is 36.1 Å². The number of carbonyl (C=O) groups is 1. The van der Waals surface area contributed by atoms with Crippen LogP contribution in [0.1, 0.15) is 53.2 Å². The fourth-order valence-electron chi connectivity index (χ4n) is 5.26. The monoisotopic (exact) mass is 643 g/mol. The third-order valence-corrected chi connectivity index (χ3v) is 8.52. The number of pyridine rings is 2. The number of benzene rings is 2. The van der Waals surface area contributed by atoms with Crippen LogP contribution in [-0.2, 0) is 0 Å². The number of ether oxygens (including phenoxy) is 2. The molecule has 1 N–H and O–H groups in total. The molecule has 2 atom stereocenters. The molecule has 2 aromatic carbocycles. The summed E-state index contributed by atoms with van der Waals surface area (Å²) >= 11 is 15.7. The largest absolute Gasteiger partial charge is 0.494 e. The minimum Gasteiger partial charge on any atom is -0.494 e. The van der Waals surface area contributed by atoms with E-state index in [9.17, 15) is 9.18 Å². The van der Waals surface area contributed by atoms with Gasteiger partial charge in [-0.2, -0.15) is 0 Å². The minimum absolute atomic E-state index is 0.00893. The molecule has 0 bridgehead atoms. The lowest BCUT2D eigenvalue weighted by atomic mass is 9.93. The lowest BCUT2D eigenvalue weighted by Gasteiger charge is -2.20. The number of nitrogens with one attached hydrogen (secondary N) is 1. The lowest BCUT2D eigenvalue weighted by molar-refractivity contribution is 0.0950. The SMILES string of the molecule is COc1cc(C(=O)NCC(c2cc3c(c(-c4cc(Cl)c(F)c(Cl)c4)n2)OCC3C)C2CC2)cc2cc(Br)cnc12. The summed E-state index contributed by atoms with van der Waals surface area (Å²) in [6.45, 7) is 3.03. The van der Waals surface area contributed by atoms with Crippen LogP contribution < -0.4 is 14.8 Å². The summed E-state index contributed by atoms with van der Waals surface area (Å²) in [5, 5.41) is 3.77. The van der Waals surface area contributed by atoms with Gasteiger partial charge in [-0.15, -0.1) is 0 Å². The van der Waals surface area contributed by atoms with E-state index in [-0.39, 0.29) is 27.8 Å². The first-order valence-corrected chi connectivity index (χ1v) is 14.5. The molecule has 1 saturated carbocycles. The van der Waals surface area contributed by atoms with Crippen LogP contribution in [0.3, 0.4) is 0 Å². The maximum atomic E-state index is 14.2. The Morgan fingerprint density at radius 3 is 2.65 bits per heavy atom. The van der Waals surface area contributed by atoms with Gasteiger partial charge in [0.2, 0.25) is 0 Å². The first-order chi connectivity index (χ1) is 19.2. The van der Waals surface area contributed by atoms with Crippen molar-refractivity contribution in [2.75, 3.05) is 20.3 Å². The summed E-state index contributed by atoms with van der Waals surface area (Å²) in [5.74, 6) is 0.867. The van der Waals surface area contributed by atoms with E-state index in [2.05, 4.69) is 39.2 Å². The van der Waals surface area contributed by atoms with Gasteiger partial charge in [-0.3, -0.25) is 9.78 Å². The molecule has 6 rings (SSSR count). The molecule has 40 heavy (non-hydrogen) atoms. The van der Waals surface area contributed by atoms with Crippen molar-refractivity contribution in [1.82, 2.24) is 15.3 Å². The first kappa shape index (κ1) is 27.2. The smallest absolute Gasteiger partial charge is 0.251 e. The Balaban J connectivity index is 1.33. The van der Waals surface area contributed by atoms with E-state index in [0.29, 0.717) is 52.9 Å². The van der Waals surface area contributed by atoms with Gasteiger partial charge in [0, 0.05) is 56.8 Å². The molecule has 3 heterocycles. The molecule has 0 radical (unpaired) electrons. The van der Waals surface area contributed by atoms with Gasteiger partial charge in [-0.25, -0.2) is 9.37 Å². The molecular formula is C30H25BrCl2FN3O3. The first-order valence-electron chi connectivity index (χ1n) is 13.0. The maximum absolute atomic E-state index is 14.2. The van der Waals surface area contributed by atoms with Gasteiger partial charge in [0.15, 0.2) is 5.82 Å². The minimum atomic E-state index is -0.666. The van der Waals surface area contributed by atoms with Gasteiger partial charge in [-0.05, 0) is 71.1 Å². The maximum Gasteiger partial charge on any atom is 0.251 e. The average Bonchev–Trinajstić information content (AvgIpc) is 3.72. The molecule has 0 saturated heterocycles. The van der Waals surface area contributed by atoms with Crippen molar-refractivity contribution >= 4 is 55.9 Å². The van der Waals surface area contributed by atoms with Crippen LogP contribution in [0, 0.1) is 11.7 Å². The van der Waals surface area contributed by atoms with E-state index in [1.165, 1.54) is 12.1 Å². The van der Waals surface area contributed by atoms with Crippen LogP contribution >= 0.6 is 39.1 Å². The van der Waals surface area contributed by atoms with E-state index in [1.54, 1.807) is 19.4 Å². The summed E-state index contributed by atoms with van der Waals surface area (Å²) in [7, 11) is 1.56. The van der Waals surface area contributed by atoms with Crippen molar-refractivity contribution in [3.05, 3.63) is 79.8 Å². The molecule has 206 valence electrons. The average molecular weight is 645 g/mol. The van der Waals surface area contributed by atoms with E-state index in [0.717, 1.165) is 34.0 Å². The third kappa shape index (κ3) is 5.13. The molecule has 4 aromatic rings. The molecule has 2 aromatic heterocycles. The van der Waals surface area contributed by atoms with E-state index in [1.807, 2.05) is 12.1 Å². The molecule has 6 nitrogen and oxygen atoms in total. The van der Waals surface area contributed by atoms with E-state index < -0.39 is 5.82 Å². The molecule has 2 aliphatic rings. The summed E-state index contributed by atoms with van der Waals surface area (Å²) in [6, 6.07) is 10.6. The van der Waals surface area contributed by atoms with Gasteiger partial charge >= 0.3 is 0 Å². The van der Waals surface area contributed by atoms with Crippen molar-refractivity contribution in [2.45, 2.75) is 31.6 Å². The fraction of sp³-hybridized carbons (Fsp3) is 0.300.